The number of aromatic nitrogens is 1. The summed E-state index contributed by atoms with van der Waals surface area (Å²) in [6, 6.07) is 0. The zero-order chi connectivity index (χ0) is 16.5. The smallest absolute Gasteiger partial charge is 0.325 e. The number of carbonyl (C=O) groups is 2. The minimum absolute atomic E-state index is 0.115. The van der Waals surface area contributed by atoms with Gasteiger partial charge < -0.3 is 24.9 Å². The molecule has 1 amide bonds. The van der Waals surface area contributed by atoms with E-state index in [1.54, 1.807) is 20.8 Å². The molecule has 0 aromatic carbocycles. The van der Waals surface area contributed by atoms with Crippen molar-refractivity contribution in [3.63, 3.8) is 0 Å². The Morgan fingerprint density at radius 2 is 2.05 bits per heavy atom. The molecule has 0 saturated carbocycles. The third-order valence-electron chi connectivity index (χ3n) is 2.91. The zero-order valence-corrected chi connectivity index (χ0v) is 12.6. The third kappa shape index (κ3) is 3.45. The highest BCUT2D eigenvalue weighted by Crippen LogP contribution is 2.27. The van der Waals surface area contributed by atoms with Crippen molar-refractivity contribution in [3.8, 4) is 5.75 Å². The van der Waals surface area contributed by atoms with Crippen molar-refractivity contribution >= 4 is 11.9 Å². The van der Waals surface area contributed by atoms with Gasteiger partial charge in [0.05, 0.1) is 18.9 Å². The van der Waals surface area contributed by atoms with Gasteiger partial charge in [-0.05, 0) is 20.8 Å². The van der Waals surface area contributed by atoms with E-state index in [9.17, 15) is 19.5 Å². The van der Waals surface area contributed by atoms with E-state index in [-0.39, 0.29) is 13.2 Å². The lowest BCUT2D eigenvalue weighted by atomic mass is 10.1. The molecular formula is C14H18N2O6. The fourth-order valence-corrected chi connectivity index (χ4v) is 2.04. The second-order valence-corrected chi connectivity index (χ2v) is 5.90. The second kappa shape index (κ2) is 5.80. The van der Waals surface area contributed by atoms with Crippen LogP contribution in [-0.4, -0.2) is 34.1 Å². The Labute approximate surface area is 126 Å². The van der Waals surface area contributed by atoms with E-state index in [1.165, 1.54) is 0 Å². The summed E-state index contributed by atoms with van der Waals surface area (Å²) in [5.74, 6) is -1.90. The molecule has 0 bridgehead atoms. The molecule has 8 nitrogen and oxygen atoms in total. The Morgan fingerprint density at radius 3 is 2.68 bits per heavy atom. The Morgan fingerprint density at radius 1 is 1.36 bits per heavy atom. The number of amides is 1. The fraction of sp³-hybridized carbons (Fsp3) is 0.500. The van der Waals surface area contributed by atoms with Crippen LogP contribution in [0.5, 0.6) is 5.75 Å². The molecule has 0 radical (unpaired) electrons. The van der Waals surface area contributed by atoms with Crippen LogP contribution in [0.4, 0.5) is 0 Å². The standard InChI is InChI=1S/C14H18N2O6/c1-14(2,3)22-9(17)4-15-12(19)10-11(18)7-5-21-6-8(7)16-13(10)20/h4-6H2,1-3H3,(H,15,19)(H2,16,18,20). The molecule has 1 aliphatic heterocycles. The summed E-state index contributed by atoms with van der Waals surface area (Å²) >= 11 is 0. The maximum absolute atomic E-state index is 12.0. The zero-order valence-electron chi connectivity index (χ0n) is 12.6. The average molecular weight is 310 g/mol. The molecule has 1 aliphatic rings. The lowest BCUT2D eigenvalue weighted by Gasteiger charge is -2.19. The molecule has 0 unspecified atom stereocenters. The van der Waals surface area contributed by atoms with E-state index in [1.807, 2.05) is 0 Å². The van der Waals surface area contributed by atoms with Crippen molar-refractivity contribution < 1.29 is 24.2 Å². The largest absolute Gasteiger partial charge is 0.506 e. The van der Waals surface area contributed by atoms with Gasteiger partial charge in [-0.15, -0.1) is 0 Å². The van der Waals surface area contributed by atoms with Gasteiger partial charge in [0.15, 0.2) is 0 Å². The van der Waals surface area contributed by atoms with Crippen LogP contribution >= 0.6 is 0 Å². The number of H-pyrrole nitrogens is 1. The lowest BCUT2D eigenvalue weighted by Crippen LogP contribution is -2.37. The number of ether oxygens (including phenoxy) is 2. The Kier molecular flexibility index (Phi) is 4.23. The molecule has 8 heteroatoms. The first-order valence-electron chi connectivity index (χ1n) is 6.74. The van der Waals surface area contributed by atoms with Crippen LogP contribution in [0, 0.1) is 0 Å². The molecular weight excluding hydrogens is 292 g/mol. The van der Waals surface area contributed by atoms with Crippen LogP contribution in [0.1, 0.15) is 42.4 Å². The number of fused-ring (bicyclic) bond motifs is 1. The highest BCUT2D eigenvalue weighted by Gasteiger charge is 2.26. The van der Waals surface area contributed by atoms with Gasteiger partial charge in [-0.25, -0.2) is 0 Å². The molecule has 2 heterocycles. The summed E-state index contributed by atoms with van der Waals surface area (Å²) < 4.78 is 10.1. The fourth-order valence-electron chi connectivity index (χ4n) is 2.04. The van der Waals surface area contributed by atoms with Gasteiger partial charge in [-0.2, -0.15) is 0 Å². The average Bonchev–Trinajstić information content (AvgIpc) is 2.82. The summed E-state index contributed by atoms with van der Waals surface area (Å²) in [5, 5.41) is 12.3. The predicted molar refractivity (Wildman–Crippen MR) is 75.4 cm³/mol. The van der Waals surface area contributed by atoms with Gasteiger partial charge in [-0.1, -0.05) is 0 Å². The number of hydrogen-bond acceptors (Lipinski definition) is 6. The van der Waals surface area contributed by atoms with Crippen molar-refractivity contribution in [2.24, 2.45) is 0 Å². The molecule has 0 fully saturated rings. The molecule has 1 aromatic rings. The van der Waals surface area contributed by atoms with Gasteiger partial charge in [0, 0.05) is 5.56 Å². The van der Waals surface area contributed by atoms with Gasteiger partial charge >= 0.3 is 5.97 Å². The molecule has 0 spiro atoms. The highest BCUT2D eigenvalue weighted by molar-refractivity contribution is 5.98. The van der Waals surface area contributed by atoms with Crippen molar-refractivity contribution in [2.75, 3.05) is 6.54 Å². The highest BCUT2D eigenvalue weighted by atomic mass is 16.6. The summed E-state index contributed by atoms with van der Waals surface area (Å²) in [6.45, 7) is 4.99. The minimum atomic E-state index is -0.848. The van der Waals surface area contributed by atoms with Crippen molar-refractivity contribution in [2.45, 2.75) is 39.6 Å². The quantitative estimate of drug-likeness (QED) is 0.686. The molecule has 22 heavy (non-hydrogen) atoms. The van der Waals surface area contributed by atoms with E-state index in [4.69, 9.17) is 9.47 Å². The van der Waals surface area contributed by atoms with Gasteiger partial charge in [-0.3, -0.25) is 14.4 Å². The Hall–Kier alpha value is -2.35. The molecule has 120 valence electrons. The topological polar surface area (TPSA) is 118 Å². The van der Waals surface area contributed by atoms with Crippen LogP contribution in [0.25, 0.3) is 0 Å². The molecule has 3 N–H and O–H groups in total. The number of pyridine rings is 1. The first-order chi connectivity index (χ1) is 10.2. The van der Waals surface area contributed by atoms with Crippen molar-refractivity contribution in [1.29, 1.82) is 0 Å². The lowest BCUT2D eigenvalue weighted by molar-refractivity contribution is -0.153. The first kappa shape index (κ1) is 16.0. The number of aromatic amines is 1. The molecule has 0 atom stereocenters. The van der Waals surface area contributed by atoms with E-state index >= 15 is 0 Å². The SMILES string of the molecule is CC(C)(C)OC(=O)CNC(=O)c1c(O)c2c([nH]c1=O)COC2. The number of carbonyl (C=O) groups excluding carboxylic acids is 2. The normalized spacial score (nSPS) is 13.6. The molecule has 2 rings (SSSR count). The summed E-state index contributed by atoms with van der Waals surface area (Å²) in [4.78, 5) is 37.9. The van der Waals surface area contributed by atoms with E-state index < -0.39 is 40.9 Å². The van der Waals surface area contributed by atoms with Gasteiger partial charge in [0.2, 0.25) is 0 Å². The van der Waals surface area contributed by atoms with Crippen LogP contribution in [0.2, 0.25) is 0 Å². The van der Waals surface area contributed by atoms with Crippen LogP contribution < -0.4 is 10.9 Å². The summed E-state index contributed by atoms with van der Waals surface area (Å²) in [6.07, 6.45) is 0. The van der Waals surface area contributed by atoms with E-state index in [0.717, 1.165) is 0 Å². The maximum Gasteiger partial charge on any atom is 0.325 e. The van der Waals surface area contributed by atoms with Crippen LogP contribution in [0.15, 0.2) is 4.79 Å². The number of aromatic hydroxyl groups is 1. The van der Waals surface area contributed by atoms with Crippen LogP contribution in [-0.2, 0) is 27.5 Å². The van der Waals surface area contributed by atoms with Gasteiger partial charge in [0.25, 0.3) is 11.5 Å². The van der Waals surface area contributed by atoms with E-state index in [0.29, 0.717) is 11.3 Å². The predicted octanol–water partition coefficient (Wildman–Crippen LogP) is 0.182. The monoisotopic (exact) mass is 310 g/mol. The van der Waals surface area contributed by atoms with Crippen molar-refractivity contribution in [1.82, 2.24) is 10.3 Å². The first-order valence-corrected chi connectivity index (χ1v) is 6.74. The summed E-state index contributed by atoms with van der Waals surface area (Å²) in [7, 11) is 0. The minimum Gasteiger partial charge on any atom is -0.506 e. The number of rotatable bonds is 3. The number of nitrogens with one attached hydrogen (secondary N) is 2. The molecule has 1 aromatic heterocycles. The Bertz CT molecular complexity index is 671. The third-order valence-corrected chi connectivity index (χ3v) is 2.91. The van der Waals surface area contributed by atoms with Crippen LogP contribution in [0.3, 0.4) is 0 Å². The Balaban J connectivity index is 2.11. The number of esters is 1. The van der Waals surface area contributed by atoms with E-state index in [2.05, 4.69) is 10.3 Å². The summed E-state index contributed by atoms with van der Waals surface area (Å²) in [5.41, 5.74) is -1.02. The second-order valence-electron chi connectivity index (χ2n) is 5.90. The molecule has 0 saturated heterocycles. The van der Waals surface area contributed by atoms with Crippen molar-refractivity contribution in [3.05, 3.63) is 27.2 Å². The number of hydrogen-bond donors (Lipinski definition) is 3. The maximum atomic E-state index is 12.0. The van der Waals surface area contributed by atoms with Gasteiger partial charge in [0.1, 0.15) is 23.5 Å². The molecule has 0 aliphatic carbocycles.